The van der Waals surface area contributed by atoms with E-state index in [4.69, 9.17) is 9.15 Å². The van der Waals surface area contributed by atoms with Gasteiger partial charge in [-0.15, -0.1) is 0 Å². The average Bonchev–Trinajstić information content (AvgIpc) is 3.36. The molecule has 2 amide bonds. The maximum absolute atomic E-state index is 13.4. The van der Waals surface area contributed by atoms with Crippen LogP contribution in [0.25, 0.3) is 5.57 Å². The van der Waals surface area contributed by atoms with E-state index in [-0.39, 0.29) is 30.9 Å². The lowest BCUT2D eigenvalue weighted by molar-refractivity contribution is -0.138. The first-order chi connectivity index (χ1) is 14.1. The maximum Gasteiger partial charge on any atom is 0.278 e. The number of carbonyl (C=O) groups is 2. The summed E-state index contributed by atoms with van der Waals surface area (Å²) in [7, 11) is 1.55. The number of likely N-dealkylation sites (tertiary alicyclic amines) is 1. The SMILES string of the molecule is COc1ccccc1C1=C(N2CCCC(CO)C2)C(=O)N(Cc2ccco2)C1=O. The summed E-state index contributed by atoms with van der Waals surface area (Å²) >= 11 is 0. The smallest absolute Gasteiger partial charge is 0.278 e. The van der Waals surface area contributed by atoms with Gasteiger partial charge in [0.1, 0.15) is 17.2 Å². The fraction of sp³-hybridized carbons (Fsp3) is 0.364. The van der Waals surface area contributed by atoms with E-state index in [9.17, 15) is 14.7 Å². The van der Waals surface area contributed by atoms with Crippen molar-refractivity contribution >= 4 is 17.4 Å². The number of rotatable bonds is 6. The molecular weight excluding hydrogens is 372 g/mol. The molecule has 3 heterocycles. The van der Waals surface area contributed by atoms with Crippen LogP contribution in [-0.4, -0.2) is 53.5 Å². The number of methoxy groups -OCH3 is 1. The minimum absolute atomic E-state index is 0.0615. The Morgan fingerprint density at radius 1 is 1.17 bits per heavy atom. The van der Waals surface area contributed by atoms with Crippen molar-refractivity contribution in [3.05, 3.63) is 59.7 Å². The highest BCUT2D eigenvalue weighted by Gasteiger charge is 2.43. The average molecular weight is 396 g/mol. The molecule has 7 nitrogen and oxygen atoms in total. The Balaban J connectivity index is 1.78. The first kappa shape index (κ1) is 19.3. The van der Waals surface area contributed by atoms with E-state index in [2.05, 4.69) is 0 Å². The molecule has 0 spiro atoms. The number of aliphatic hydroxyl groups is 1. The van der Waals surface area contributed by atoms with Gasteiger partial charge in [0.15, 0.2) is 0 Å². The van der Waals surface area contributed by atoms with Gasteiger partial charge in [0, 0.05) is 25.3 Å². The Morgan fingerprint density at radius 2 is 2.00 bits per heavy atom. The second-order valence-corrected chi connectivity index (χ2v) is 7.34. The number of amides is 2. The Labute approximate surface area is 169 Å². The molecule has 1 unspecified atom stereocenters. The van der Waals surface area contributed by atoms with Crippen LogP contribution in [0.15, 0.2) is 52.8 Å². The summed E-state index contributed by atoms with van der Waals surface area (Å²) in [6.07, 6.45) is 3.28. The van der Waals surface area contributed by atoms with E-state index in [1.807, 2.05) is 17.0 Å². The zero-order chi connectivity index (χ0) is 20.4. The lowest BCUT2D eigenvalue weighted by Gasteiger charge is -2.34. The molecule has 1 atom stereocenters. The predicted molar refractivity (Wildman–Crippen MR) is 106 cm³/mol. The van der Waals surface area contributed by atoms with Crippen molar-refractivity contribution in [2.45, 2.75) is 19.4 Å². The Morgan fingerprint density at radius 3 is 2.72 bits per heavy atom. The van der Waals surface area contributed by atoms with Crippen molar-refractivity contribution in [1.29, 1.82) is 0 Å². The molecule has 7 heteroatoms. The Kier molecular flexibility index (Phi) is 5.40. The summed E-state index contributed by atoms with van der Waals surface area (Å²) in [6.45, 7) is 1.34. The number of carbonyl (C=O) groups excluding carboxylic acids is 2. The van der Waals surface area contributed by atoms with Gasteiger partial charge in [0.25, 0.3) is 11.8 Å². The molecule has 1 saturated heterocycles. The molecule has 2 aliphatic rings. The number of benzene rings is 1. The van der Waals surface area contributed by atoms with Gasteiger partial charge in [-0.25, -0.2) is 0 Å². The maximum atomic E-state index is 13.4. The van der Waals surface area contributed by atoms with Gasteiger partial charge in [0.05, 0.1) is 25.5 Å². The highest BCUT2D eigenvalue weighted by atomic mass is 16.5. The molecule has 2 aliphatic heterocycles. The second kappa shape index (κ2) is 8.13. The monoisotopic (exact) mass is 396 g/mol. The van der Waals surface area contributed by atoms with E-state index >= 15 is 0 Å². The Bertz CT molecular complexity index is 934. The highest BCUT2D eigenvalue weighted by Crippen LogP contribution is 2.38. The van der Waals surface area contributed by atoms with Crippen LogP contribution in [-0.2, 0) is 16.1 Å². The fourth-order valence-corrected chi connectivity index (χ4v) is 4.07. The number of hydrogen-bond acceptors (Lipinski definition) is 6. The standard InChI is InChI=1S/C22H24N2O5/c1-28-18-9-3-2-8-17(18)19-20(23-10-4-6-15(12-23)14-25)22(27)24(21(19)26)13-16-7-5-11-29-16/h2-3,5,7-9,11,15,25H,4,6,10,12-14H2,1H3. The normalized spacial score (nSPS) is 20.0. The molecule has 2 aromatic rings. The summed E-state index contributed by atoms with van der Waals surface area (Å²) in [6, 6.07) is 10.7. The molecule has 1 N–H and O–H groups in total. The Hall–Kier alpha value is -3.06. The van der Waals surface area contributed by atoms with Crippen molar-refractivity contribution in [3.63, 3.8) is 0 Å². The van der Waals surface area contributed by atoms with Gasteiger partial charge in [-0.2, -0.15) is 0 Å². The third-order valence-electron chi connectivity index (χ3n) is 5.51. The van der Waals surface area contributed by atoms with Gasteiger partial charge in [-0.05, 0) is 37.0 Å². The quantitative estimate of drug-likeness (QED) is 0.755. The summed E-state index contributed by atoms with van der Waals surface area (Å²) in [5.41, 5.74) is 1.32. The van der Waals surface area contributed by atoms with Crippen LogP contribution in [0.2, 0.25) is 0 Å². The van der Waals surface area contributed by atoms with Crippen molar-refractivity contribution < 1.29 is 23.8 Å². The van der Waals surface area contributed by atoms with Crippen LogP contribution in [0.3, 0.4) is 0 Å². The zero-order valence-electron chi connectivity index (χ0n) is 16.3. The summed E-state index contributed by atoms with van der Waals surface area (Å²) in [5, 5.41) is 9.62. The largest absolute Gasteiger partial charge is 0.496 e. The molecule has 0 bridgehead atoms. The van der Waals surface area contributed by atoms with Crippen LogP contribution >= 0.6 is 0 Å². The molecular formula is C22H24N2O5. The predicted octanol–water partition coefficient (Wildman–Crippen LogP) is 2.27. The van der Waals surface area contributed by atoms with Crippen LogP contribution in [0.4, 0.5) is 0 Å². The van der Waals surface area contributed by atoms with Crippen LogP contribution in [0.5, 0.6) is 5.75 Å². The number of nitrogens with zero attached hydrogens (tertiary/aromatic N) is 2. The van der Waals surface area contributed by atoms with Gasteiger partial charge < -0.3 is 19.2 Å². The van der Waals surface area contributed by atoms with Gasteiger partial charge in [-0.1, -0.05) is 18.2 Å². The lowest BCUT2D eigenvalue weighted by Crippen LogP contribution is -2.40. The molecule has 0 radical (unpaired) electrons. The molecule has 1 aromatic carbocycles. The number of piperidine rings is 1. The molecule has 1 fully saturated rings. The number of hydrogen-bond donors (Lipinski definition) is 1. The van der Waals surface area contributed by atoms with Crippen LogP contribution in [0, 0.1) is 5.92 Å². The van der Waals surface area contributed by atoms with Crippen LogP contribution in [0.1, 0.15) is 24.2 Å². The van der Waals surface area contributed by atoms with E-state index in [0.717, 1.165) is 12.8 Å². The first-order valence-electron chi connectivity index (χ1n) is 9.76. The van der Waals surface area contributed by atoms with E-state index in [1.165, 1.54) is 11.2 Å². The molecule has 152 valence electrons. The number of imide groups is 1. The number of furan rings is 1. The molecule has 1 aromatic heterocycles. The van der Waals surface area contributed by atoms with Crippen molar-refractivity contribution in [2.24, 2.45) is 5.92 Å². The van der Waals surface area contributed by atoms with Crippen molar-refractivity contribution in [3.8, 4) is 5.75 Å². The van der Waals surface area contributed by atoms with Crippen molar-refractivity contribution in [1.82, 2.24) is 9.80 Å². The third-order valence-corrected chi connectivity index (χ3v) is 5.51. The first-order valence-corrected chi connectivity index (χ1v) is 9.76. The number of ether oxygens (including phenoxy) is 1. The number of para-hydroxylation sites is 1. The zero-order valence-corrected chi connectivity index (χ0v) is 16.3. The van der Waals surface area contributed by atoms with E-state index in [0.29, 0.717) is 41.4 Å². The van der Waals surface area contributed by atoms with Gasteiger partial charge >= 0.3 is 0 Å². The molecule has 0 saturated carbocycles. The third kappa shape index (κ3) is 3.53. The minimum Gasteiger partial charge on any atom is -0.496 e. The molecule has 4 rings (SSSR count). The summed E-state index contributed by atoms with van der Waals surface area (Å²) in [4.78, 5) is 29.9. The van der Waals surface area contributed by atoms with E-state index < -0.39 is 0 Å². The van der Waals surface area contributed by atoms with Crippen LogP contribution < -0.4 is 4.74 Å². The minimum atomic E-state index is -0.364. The molecule has 0 aliphatic carbocycles. The lowest BCUT2D eigenvalue weighted by atomic mass is 9.96. The summed E-state index contributed by atoms with van der Waals surface area (Å²) in [5.74, 6) is 0.455. The second-order valence-electron chi connectivity index (χ2n) is 7.34. The topological polar surface area (TPSA) is 83.2 Å². The molecule has 29 heavy (non-hydrogen) atoms. The number of aliphatic hydroxyl groups excluding tert-OH is 1. The summed E-state index contributed by atoms with van der Waals surface area (Å²) < 4.78 is 10.8. The van der Waals surface area contributed by atoms with Crippen molar-refractivity contribution in [2.75, 3.05) is 26.8 Å². The van der Waals surface area contributed by atoms with Gasteiger partial charge in [-0.3, -0.25) is 14.5 Å². The van der Waals surface area contributed by atoms with E-state index in [1.54, 1.807) is 31.4 Å². The highest BCUT2D eigenvalue weighted by molar-refractivity contribution is 6.35. The fourth-order valence-electron chi connectivity index (χ4n) is 4.07. The van der Waals surface area contributed by atoms with Gasteiger partial charge in [0.2, 0.25) is 0 Å².